The van der Waals surface area contributed by atoms with Crippen LogP contribution in [0.3, 0.4) is 0 Å². The number of benzene rings is 1. The van der Waals surface area contributed by atoms with Crippen LogP contribution in [0.15, 0.2) is 36.9 Å². The van der Waals surface area contributed by atoms with E-state index in [1.807, 2.05) is 38.1 Å². The average molecular weight is 276 g/mol. The Morgan fingerprint density at radius 3 is 2.55 bits per heavy atom. The smallest absolute Gasteiger partial charge is 0.326 e. The van der Waals surface area contributed by atoms with Crippen LogP contribution in [0.2, 0.25) is 0 Å². The molecule has 3 N–H and O–H groups in total. The summed E-state index contributed by atoms with van der Waals surface area (Å²) < 4.78 is 0. The van der Waals surface area contributed by atoms with Crippen molar-refractivity contribution in [1.29, 1.82) is 0 Å². The lowest BCUT2D eigenvalue weighted by Crippen LogP contribution is -2.46. The van der Waals surface area contributed by atoms with Gasteiger partial charge in [-0.3, -0.25) is 0 Å². The van der Waals surface area contributed by atoms with Gasteiger partial charge in [0, 0.05) is 0 Å². The van der Waals surface area contributed by atoms with Crippen LogP contribution in [0.5, 0.6) is 0 Å². The van der Waals surface area contributed by atoms with Crippen LogP contribution in [-0.2, 0) is 4.79 Å². The van der Waals surface area contributed by atoms with Gasteiger partial charge in [0.25, 0.3) is 0 Å². The zero-order chi connectivity index (χ0) is 15.1. The highest BCUT2D eigenvalue weighted by Gasteiger charge is 2.19. The Labute approximate surface area is 118 Å². The number of amides is 2. The molecule has 0 bridgehead atoms. The molecule has 0 radical (unpaired) electrons. The topological polar surface area (TPSA) is 78.4 Å². The van der Waals surface area contributed by atoms with Crippen molar-refractivity contribution in [2.24, 2.45) is 0 Å². The summed E-state index contributed by atoms with van der Waals surface area (Å²) in [5, 5.41) is 14.1. The van der Waals surface area contributed by atoms with Crippen molar-refractivity contribution in [2.75, 3.05) is 0 Å². The van der Waals surface area contributed by atoms with E-state index >= 15 is 0 Å². The predicted molar refractivity (Wildman–Crippen MR) is 77.5 cm³/mol. The van der Waals surface area contributed by atoms with E-state index < -0.39 is 18.0 Å². The van der Waals surface area contributed by atoms with Gasteiger partial charge in [0.2, 0.25) is 0 Å². The number of aryl methyl sites for hydroxylation is 1. The van der Waals surface area contributed by atoms with Crippen LogP contribution in [0, 0.1) is 6.92 Å². The van der Waals surface area contributed by atoms with E-state index in [9.17, 15) is 9.59 Å². The molecule has 0 aromatic heterocycles. The zero-order valence-electron chi connectivity index (χ0n) is 11.7. The van der Waals surface area contributed by atoms with Crippen LogP contribution in [0.4, 0.5) is 4.79 Å². The van der Waals surface area contributed by atoms with Gasteiger partial charge in [-0.1, -0.05) is 30.3 Å². The first-order chi connectivity index (χ1) is 9.45. The molecule has 0 aliphatic carbocycles. The van der Waals surface area contributed by atoms with Gasteiger partial charge in [-0.05, 0) is 31.4 Å². The van der Waals surface area contributed by atoms with Gasteiger partial charge < -0.3 is 15.7 Å². The molecule has 0 saturated carbocycles. The lowest BCUT2D eigenvalue weighted by Gasteiger charge is -2.19. The Morgan fingerprint density at radius 1 is 1.35 bits per heavy atom. The van der Waals surface area contributed by atoms with Gasteiger partial charge in [0.15, 0.2) is 0 Å². The highest BCUT2D eigenvalue weighted by molar-refractivity contribution is 5.82. The molecule has 0 fully saturated rings. The van der Waals surface area contributed by atoms with Crippen LogP contribution >= 0.6 is 0 Å². The number of urea groups is 1. The fourth-order valence-corrected chi connectivity index (χ4v) is 1.94. The molecule has 108 valence electrons. The van der Waals surface area contributed by atoms with Crippen LogP contribution in [0.25, 0.3) is 0 Å². The van der Waals surface area contributed by atoms with Crippen molar-refractivity contribution in [1.82, 2.24) is 10.6 Å². The second-order valence-corrected chi connectivity index (χ2v) is 4.61. The number of carbonyl (C=O) groups is 2. The first-order valence-corrected chi connectivity index (χ1v) is 6.42. The predicted octanol–water partition coefficient (Wildman–Crippen LogP) is 2.38. The number of rotatable bonds is 6. The van der Waals surface area contributed by atoms with E-state index in [4.69, 9.17) is 5.11 Å². The molecule has 2 unspecified atom stereocenters. The van der Waals surface area contributed by atoms with Crippen molar-refractivity contribution < 1.29 is 14.7 Å². The second kappa shape index (κ2) is 7.33. The third-order valence-electron chi connectivity index (χ3n) is 3.01. The zero-order valence-corrected chi connectivity index (χ0v) is 11.7. The third-order valence-corrected chi connectivity index (χ3v) is 3.01. The lowest BCUT2D eigenvalue weighted by atomic mass is 10.0. The maximum Gasteiger partial charge on any atom is 0.326 e. The fourth-order valence-electron chi connectivity index (χ4n) is 1.94. The maximum atomic E-state index is 11.8. The molecule has 1 rings (SSSR count). The minimum Gasteiger partial charge on any atom is -0.480 e. The Kier molecular flexibility index (Phi) is 5.77. The minimum atomic E-state index is -1.08. The molecular formula is C15H20N2O3. The summed E-state index contributed by atoms with van der Waals surface area (Å²) >= 11 is 0. The first-order valence-electron chi connectivity index (χ1n) is 6.42. The summed E-state index contributed by atoms with van der Waals surface area (Å²) in [7, 11) is 0. The molecule has 1 aromatic rings. The maximum absolute atomic E-state index is 11.8. The standard InChI is InChI=1S/C15H20N2O3/c1-4-7-13(14(18)19)17-15(20)16-11(3)12-9-6-5-8-10(12)2/h4-6,8-9,11,13H,1,7H2,2-3H3,(H,18,19)(H2,16,17,20). The summed E-state index contributed by atoms with van der Waals surface area (Å²) in [5.74, 6) is -1.08. The molecule has 0 saturated heterocycles. The van der Waals surface area contributed by atoms with Gasteiger partial charge in [-0.25, -0.2) is 9.59 Å². The van der Waals surface area contributed by atoms with Crippen molar-refractivity contribution in [2.45, 2.75) is 32.4 Å². The molecule has 0 spiro atoms. The number of nitrogens with one attached hydrogen (secondary N) is 2. The summed E-state index contributed by atoms with van der Waals surface area (Å²) in [6.45, 7) is 7.29. The highest BCUT2D eigenvalue weighted by atomic mass is 16.4. The second-order valence-electron chi connectivity index (χ2n) is 4.61. The SMILES string of the molecule is C=CCC(NC(=O)NC(C)c1ccccc1C)C(=O)O. The van der Waals surface area contributed by atoms with Crippen LogP contribution < -0.4 is 10.6 Å². The molecule has 0 aliphatic rings. The summed E-state index contributed by atoms with van der Waals surface area (Å²) in [5.41, 5.74) is 2.07. The van der Waals surface area contributed by atoms with Gasteiger partial charge in [-0.2, -0.15) is 0 Å². The van der Waals surface area contributed by atoms with E-state index in [-0.39, 0.29) is 12.5 Å². The van der Waals surface area contributed by atoms with Gasteiger partial charge >= 0.3 is 12.0 Å². The fraction of sp³-hybridized carbons (Fsp3) is 0.333. The van der Waals surface area contributed by atoms with E-state index in [2.05, 4.69) is 17.2 Å². The Hall–Kier alpha value is -2.30. The Bertz CT molecular complexity index is 500. The van der Waals surface area contributed by atoms with Gasteiger partial charge in [-0.15, -0.1) is 6.58 Å². The van der Waals surface area contributed by atoms with Gasteiger partial charge in [0.1, 0.15) is 6.04 Å². The molecular weight excluding hydrogens is 256 g/mol. The van der Waals surface area contributed by atoms with Gasteiger partial charge in [0.05, 0.1) is 6.04 Å². The van der Waals surface area contributed by atoms with E-state index in [0.717, 1.165) is 11.1 Å². The number of carbonyl (C=O) groups excluding carboxylic acids is 1. The Morgan fingerprint density at radius 2 is 2.00 bits per heavy atom. The molecule has 0 heterocycles. The van der Waals surface area contributed by atoms with Crippen molar-refractivity contribution in [3.63, 3.8) is 0 Å². The monoisotopic (exact) mass is 276 g/mol. The number of hydrogen-bond acceptors (Lipinski definition) is 2. The van der Waals surface area contributed by atoms with Crippen molar-refractivity contribution >= 4 is 12.0 Å². The molecule has 5 heteroatoms. The van der Waals surface area contributed by atoms with E-state index in [1.54, 1.807) is 0 Å². The molecule has 1 aromatic carbocycles. The number of hydrogen-bond donors (Lipinski definition) is 3. The largest absolute Gasteiger partial charge is 0.480 e. The summed E-state index contributed by atoms with van der Waals surface area (Å²) in [4.78, 5) is 22.8. The number of carboxylic acids is 1. The van der Waals surface area contributed by atoms with Crippen molar-refractivity contribution in [3.05, 3.63) is 48.0 Å². The summed E-state index contributed by atoms with van der Waals surface area (Å²) in [6, 6.07) is 6.05. The molecule has 20 heavy (non-hydrogen) atoms. The molecule has 0 aliphatic heterocycles. The quantitative estimate of drug-likeness (QED) is 0.698. The molecule has 2 amide bonds. The Balaban J connectivity index is 2.64. The number of aliphatic carboxylic acids is 1. The molecule has 2 atom stereocenters. The third kappa shape index (κ3) is 4.42. The van der Waals surface area contributed by atoms with Crippen molar-refractivity contribution in [3.8, 4) is 0 Å². The van der Waals surface area contributed by atoms with Crippen LogP contribution in [-0.4, -0.2) is 23.1 Å². The van der Waals surface area contributed by atoms with Crippen LogP contribution in [0.1, 0.15) is 30.5 Å². The average Bonchev–Trinajstić information content (AvgIpc) is 2.38. The highest BCUT2D eigenvalue weighted by Crippen LogP contribution is 2.16. The summed E-state index contributed by atoms with van der Waals surface area (Å²) in [6.07, 6.45) is 1.64. The van der Waals surface area contributed by atoms with E-state index in [0.29, 0.717) is 0 Å². The number of carboxylic acid groups (broad SMARTS) is 1. The lowest BCUT2D eigenvalue weighted by molar-refractivity contribution is -0.139. The first kappa shape index (κ1) is 15.8. The molecule has 5 nitrogen and oxygen atoms in total. The minimum absolute atomic E-state index is 0.182. The van der Waals surface area contributed by atoms with E-state index in [1.165, 1.54) is 6.08 Å². The normalized spacial score (nSPS) is 13.1.